The van der Waals surface area contributed by atoms with E-state index in [1.165, 1.54) is 61.6 Å². The standard InChI is InChI=1S/C18H29Br/c1-4-5-6-7-8-9-10-18(19)14-17-12-11-15(2)16(3)13-17/h11-13,18H,4-10,14H2,1-3H3. The molecule has 1 heteroatoms. The van der Waals surface area contributed by atoms with Crippen molar-refractivity contribution >= 4 is 15.9 Å². The molecule has 1 unspecified atom stereocenters. The third kappa shape index (κ3) is 7.15. The lowest BCUT2D eigenvalue weighted by Crippen LogP contribution is -2.03. The second-order valence-electron chi connectivity index (χ2n) is 5.78. The molecular formula is C18H29Br. The van der Waals surface area contributed by atoms with Crippen LogP contribution in [0.25, 0.3) is 0 Å². The van der Waals surface area contributed by atoms with Crippen LogP contribution in [-0.2, 0) is 6.42 Å². The van der Waals surface area contributed by atoms with Gasteiger partial charge in [-0.2, -0.15) is 0 Å². The van der Waals surface area contributed by atoms with Crippen molar-refractivity contribution in [3.8, 4) is 0 Å². The molecule has 0 amide bonds. The van der Waals surface area contributed by atoms with Crippen molar-refractivity contribution in [1.82, 2.24) is 0 Å². The number of unbranched alkanes of at least 4 members (excludes halogenated alkanes) is 5. The van der Waals surface area contributed by atoms with Crippen molar-refractivity contribution in [2.24, 2.45) is 0 Å². The van der Waals surface area contributed by atoms with Gasteiger partial charge in [-0.1, -0.05) is 79.6 Å². The second-order valence-corrected chi connectivity index (χ2v) is 7.07. The number of aryl methyl sites for hydroxylation is 2. The van der Waals surface area contributed by atoms with Crippen LogP contribution >= 0.6 is 15.9 Å². The zero-order chi connectivity index (χ0) is 14.1. The fourth-order valence-electron chi connectivity index (χ4n) is 2.43. The van der Waals surface area contributed by atoms with Crippen molar-refractivity contribution in [3.63, 3.8) is 0 Å². The van der Waals surface area contributed by atoms with Crippen molar-refractivity contribution in [2.75, 3.05) is 0 Å². The first-order valence-corrected chi connectivity index (χ1v) is 8.75. The molecule has 0 saturated heterocycles. The molecule has 0 fully saturated rings. The first-order chi connectivity index (χ1) is 9.13. The molecule has 0 nitrogen and oxygen atoms in total. The number of halogens is 1. The SMILES string of the molecule is CCCCCCCCC(Br)Cc1ccc(C)c(C)c1. The Kier molecular flexibility index (Phi) is 8.45. The molecule has 1 atom stereocenters. The first-order valence-electron chi connectivity index (χ1n) is 7.83. The summed E-state index contributed by atoms with van der Waals surface area (Å²) >= 11 is 3.84. The third-order valence-electron chi connectivity index (χ3n) is 3.90. The predicted molar refractivity (Wildman–Crippen MR) is 90.3 cm³/mol. The fourth-order valence-corrected chi connectivity index (χ4v) is 3.13. The summed E-state index contributed by atoms with van der Waals surface area (Å²) in [4.78, 5) is 0.640. The number of benzene rings is 1. The highest BCUT2D eigenvalue weighted by atomic mass is 79.9. The Bertz CT molecular complexity index is 357. The van der Waals surface area contributed by atoms with Gasteiger partial charge in [0, 0.05) is 4.83 Å². The molecule has 1 rings (SSSR count). The lowest BCUT2D eigenvalue weighted by Gasteiger charge is -2.11. The van der Waals surface area contributed by atoms with Gasteiger partial charge < -0.3 is 0 Å². The molecule has 1 aromatic carbocycles. The van der Waals surface area contributed by atoms with E-state index in [2.05, 4.69) is 54.9 Å². The summed E-state index contributed by atoms with van der Waals surface area (Å²) in [5, 5.41) is 0. The van der Waals surface area contributed by atoms with Gasteiger partial charge >= 0.3 is 0 Å². The van der Waals surface area contributed by atoms with E-state index in [9.17, 15) is 0 Å². The van der Waals surface area contributed by atoms with Crippen LogP contribution in [0.3, 0.4) is 0 Å². The quantitative estimate of drug-likeness (QED) is 0.366. The van der Waals surface area contributed by atoms with Gasteiger partial charge in [0.15, 0.2) is 0 Å². The molecule has 0 aromatic heterocycles. The van der Waals surface area contributed by atoms with Crippen molar-refractivity contribution in [1.29, 1.82) is 0 Å². The highest BCUT2D eigenvalue weighted by Gasteiger charge is 2.06. The van der Waals surface area contributed by atoms with Gasteiger partial charge in [-0.3, -0.25) is 0 Å². The van der Waals surface area contributed by atoms with Gasteiger partial charge in [0.2, 0.25) is 0 Å². The fraction of sp³-hybridized carbons (Fsp3) is 0.667. The van der Waals surface area contributed by atoms with Crippen LogP contribution in [0.15, 0.2) is 18.2 Å². The summed E-state index contributed by atoms with van der Waals surface area (Å²) in [6, 6.07) is 6.86. The summed E-state index contributed by atoms with van der Waals surface area (Å²) < 4.78 is 0. The maximum Gasteiger partial charge on any atom is 0.0186 e. The van der Waals surface area contributed by atoms with Crippen LogP contribution in [0.4, 0.5) is 0 Å². The summed E-state index contributed by atoms with van der Waals surface area (Å²) in [6.07, 6.45) is 10.8. The molecule has 19 heavy (non-hydrogen) atoms. The van der Waals surface area contributed by atoms with Crippen LogP contribution < -0.4 is 0 Å². The molecule has 0 aliphatic heterocycles. The van der Waals surface area contributed by atoms with Crippen LogP contribution in [0.1, 0.15) is 68.6 Å². The second kappa shape index (κ2) is 9.58. The van der Waals surface area contributed by atoms with Crippen molar-refractivity contribution < 1.29 is 0 Å². The summed E-state index contributed by atoms with van der Waals surface area (Å²) in [5.41, 5.74) is 4.28. The number of alkyl halides is 1. The van der Waals surface area contributed by atoms with E-state index < -0.39 is 0 Å². The number of hydrogen-bond donors (Lipinski definition) is 0. The van der Waals surface area contributed by atoms with E-state index in [1.54, 1.807) is 0 Å². The average molecular weight is 325 g/mol. The smallest absolute Gasteiger partial charge is 0.0186 e. The Morgan fingerprint density at radius 2 is 1.63 bits per heavy atom. The van der Waals surface area contributed by atoms with E-state index >= 15 is 0 Å². The molecule has 0 bridgehead atoms. The molecular weight excluding hydrogens is 296 g/mol. The van der Waals surface area contributed by atoms with Gasteiger partial charge in [0.05, 0.1) is 0 Å². The van der Waals surface area contributed by atoms with Crippen LogP contribution in [0.5, 0.6) is 0 Å². The molecule has 0 aliphatic carbocycles. The van der Waals surface area contributed by atoms with E-state index in [4.69, 9.17) is 0 Å². The Balaban J connectivity index is 2.19. The zero-order valence-corrected chi connectivity index (χ0v) is 14.4. The lowest BCUT2D eigenvalue weighted by atomic mass is 10.0. The minimum absolute atomic E-state index is 0.640. The summed E-state index contributed by atoms with van der Waals surface area (Å²) in [6.45, 7) is 6.66. The monoisotopic (exact) mass is 324 g/mol. The number of rotatable bonds is 9. The summed E-state index contributed by atoms with van der Waals surface area (Å²) in [5.74, 6) is 0. The Hall–Kier alpha value is -0.300. The van der Waals surface area contributed by atoms with Crippen molar-refractivity contribution in [2.45, 2.75) is 77.0 Å². The largest absolute Gasteiger partial charge is 0.0887 e. The maximum absolute atomic E-state index is 3.84. The van der Waals surface area contributed by atoms with Gasteiger partial charge in [0.1, 0.15) is 0 Å². The van der Waals surface area contributed by atoms with Gasteiger partial charge in [-0.05, 0) is 43.4 Å². The Labute approximate surface area is 128 Å². The van der Waals surface area contributed by atoms with Crippen molar-refractivity contribution in [3.05, 3.63) is 34.9 Å². The molecule has 1 aromatic rings. The minimum Gasteiger partial charge on any atom is -0.0887 e. The van der Waals surface area contributed by atoms with Gasteiger partial charge in [-0.15, -0.1) is 0 Å². The molecule has 0 N–H and O–H groups in total. The molecule has 108 valence electrons. The molecule has 0 saturated carbocycles. The Morgan fingerprint density at radius 3 is 2.32 bits per heavy atom. The highest BCUT2D eigenvalue weighted by molar-refractivity contribution is 9.09. The lowest BCUT2D eigenvalue weighted by molar-refractivity contribution is 0.582. The van der Waals surface area contributed by atoms with E-state index in [1.807, 2.05) is 0 Å². The van der Waals surface area contributed by atoms with Crippen LogP contribution in [-0.4, -0.2) is 4.83 Å². The molecule has 0 aliphatic rings. The average Bonchev–Trinajstić information content (AvgIpc) is 2.38. The normalized spacial score (nSPS) is 12.6. The van der Waals surface area contributed by atoms with E-state index in [0.29, 0.717) is 4.83 Å². The maximum atomic E-state index is 3.84. The molecule has 0 heterocycles. The minimum atomic E-state index is 0.640. The van der Waals surface area contributed by atoms with Gasteiger partial charge in [0.25, 0.3) is 0 Å². The topological polar surface area (TPSA) is 0 Å². The van der Waals surface area contributed by atoms with Crippen LogP contribution in [0, 0.1) is 13.8 Å². The third-order valence-corrected chi connectivity index (χ3v) is 4.68. The number of hydrogen-bond acceptors (Lipinski definition) is 0. The Morgan fingerprint density at radius 1 is 0.947 bits per heavy atom. The van der Waals surface area contributed by atoms with Gasteiger partial charge in [-0.25, -0.2) is 0 Å². The molecule has 0 radical (unpaired) electrons. The van der Waals surface area contributed by atoms with E-state index in [0.717, 1.165) is 6.42 Å². The first kappa shape index (κ1) is 16.8. The summed E-state index contributed by atoms with van der Waals surface area (Å²) in [7, 11) is 0. The zero-order valence-electron chi connectivity index (χ0n) is 12.8. The highest BCUT2D eigenvalue weighted by Crippen LogP contribution is 2.19. The van der Waals surface area contributed by atoms with Crippen LogP contribution in [0.2, 0.25) is 0 Å². The predicted octanol–water partition coefficient (Wildman–Crippen LogP) is 6.36. The molecule has 0 spiro atoms. The van der Waals surface area contributed by atoms with E-state index in [-0.39, 0.29) is 0 Å².